The molecule has 0 aliphatic carbocycles. The molecule has 100 valence electrons. The summed E-state index contributed by atoms with van der Waals surface area (Å²) in [5.74, 6) is 1.06. The van der Waals surface area contributed by atoms with E-state index in [0.29, 0.717) is 29.5 Å². The lowest BCUT2D eigenvalue weighted by molar-refractivity contribution is 0.422. The minimum atomic E-state index is 0.411. The van der Waals surface area contributed by atoms with Crippen molar-refractivity contribution in [2.24, 2.45) is 0 Å². The number of nitrogen functional groups attached to an aromatic ring is 1. The number of pyridine rings is 1. The van der Waals surface area contributed by atoms with Crippen molar-refractivity contribution in [2.45, 2.75) is 13.3 Å². The van der Waals surface area contributed by atoms with Crippen LogP contribution in [0, 0.1) is 6.92 Å². The summed E-state index contributed by atoms with van der Waals surface area (Å²) in [6.45, 7) is 2.07. The Labute approximate surface area is 116 Å². The van der Waals surface area contributed by atoms with E-state index in [0.717, 1.165) is 0 Å². The van der Waals surface area contributed by atoms with Gasteiger partial charge in [0.1, 0.15) is 5.69 Å². The van der Waals surface area contributed by atoms with Crippen molar-refractivity contribution in [2.75, 3.05) is 5.73 Å². The molecular weight excluding hydrogens is 252 g/mol. The van der Waals surface area contributed by atoms with Gasteiger partial charge in [0.25, 0.3) is 5.89 Å². The van der Waals surface area contributed by atoms with Crippen molar-refractivity contribution in [1.29, 1.82) is 0 Å². The first-order valence-corrected chi connectivity index (χ1v) is 6.31. The van der Waals surface area contributed by atoms with Crippen LogP contribution in [0.2, 0.25) is 0 Å². The summed E-state index contributed by atoms with van der Waals surface area (Å²) >= 11 is 0. The second-order valence-electron chi connectivity index (χ2n) is 4.60. The van der Waals surface area contributed by atoms with E-state index < -0.39 is 0 Å². The first-order chi connectivity index (χ1) is 9.72. The molecule has 0 amide bonds. The molecule has 0 bridgehead atoms. The molecule has 0 spiro atoms. The number of aryl methyl sites for hydroxylation is 1. The van der Waals surface area contributed by atoms with Crippen LogP contribution in [0.3, 0.4) is 0 Å². The highest BCUT2D eigenvalue weighted by Crippen LogP contribution is 2.17. The normalized spacial score (nSPS) is 10.7. The molecule has 2 heterocycles. The van der Waals surface area contributed by atoms with Crippen LogP contribution in [0.1, 0.15) is 17.0 Å². The van der Waals surface area contributed by atoms with Crippen LogP contribution in [-0.2, 0) is 6.42 Å². The quantitative estimate of drug-likeness (QED) is 0.788. The van der Waals surface area contributed by atoms with Crippen molar-refractivity contribution < 1.29 is 4.52 Å². The Bertz CT molecular complexity index is 719. The number of nitrogens with two attached hydrogens (primary N) is 1. The Hall–Kier alpha value is -2.69. The molecule has 0 radical (unpaired) electrons. The van der Waals surface area contributed by atoms with Crippen LogP contribution in [0.5, 0.6) is 0 Å². The third-order valence-corrected chi connectivity index (χ3v) is 3.08. The summed E-state index contributed by atoms with van der Waals surface area (Å²) in [7, 11) is 0. The number of aromatic nitrogens is 3. The monoisotopic (exact) mass is 266 g/mol. The SMILES string of the molecule is Cc1ccccc1Cc1noc(-c2ccc(N)cn2)n1. The third kappa shape index (κ3) is 2.51. The molecule has 2 N–H and O–H groups in total. The zero-order valence-corrected chi connectivity index (χ0v) is 11.1. The van der Waals surface area contributed by atoms with E-state index in [1.165, 1.54) is 11.1 Å². The fourth-order valence-corrected chi connectivity index (χ4v) is 1.94. The number of rotatable bonds is 3. The lowest BCUT2D eigenvalue weighted by Crippen LogP contribution is -1.94. The molecule has 0 atom stereocenters. The van der Waals surface area contributed by atoms with Gasteiger partial charge in [0.05, 0.1) is 11.9 Å². The second kappa shape index (κ2) is 5.13. The fraction of sp³-hybridized carbons (Fsp3) is 0.133. The van der Waals surface area contributed by atoms with Crippen molar-refractivity contribution in [3.63, 3.8) is 0 Å². The number of benzene rings is 1. The van der Waals surface area contributed by atoms with E-state index >= 15 is 0 Å². The number of nitrogens with zero attached hydrogens (tertiary/aromatic N) is 3. The van der Waals surface area contributed by atoms with E-state index in [1.807, 2.05) is 12.1 Å². The summed E-state index contributed by atoms with van der Waals surface area (Å²) in [4.78, 5) is 8.53. The lowest BCUT2D eigenvalue weighted by atomic mass is 10.1. The predicted octanol–water partition coefficient (Wildman–Crippen LogP) is 2.61. The number of anilines is 1. The first kappa shape index (κ1) is 12.3. The maximum Gasteiger partial charge on any atom is 0.276 e. The molecule has 0 aliphatic rings. The molecule has 5 heteroatoms. The van der Waals surface area contributed by atoms with E-state index in [9.17, 15) is 0 Å². The maximum absolute atomic E-state index is 5.60. The highest BCUT2D eigenvalue weighted by molar-refractivity contribution is 5.50. The minimum Gasteiger partial charge on any atom is -0.397 e. The molecule has 2 aromatic heterocycles. The Kier molecular flexibility index (Phi) is 3.16. The van der Waals surface area contributed by atoms with Gasteiger partial charge in [-0.05, 0) is 30.2 Å². The van der Waals surface area contributed by atoms with E-state index in [-0.39, 0.29) is 0 Å². The van der Waals surface area contributed by atoms with Gasteiger partial charge >= 0.3 is 0 Å². The van der Waals surface area contributed by atoms with Crippen molar-refractivity contribution in [3.8, 4) is 11.6 Å². The van der Waals surface area contributed by atoms with Gasteiger partial charge in [-0.25, -0.2) is 4.98 Å². The zero-order chi connectivity index (χ0) is 13.9. The van der Waals surface area contributed by atoms with Gasteiger partial charge < -0.3 is 10.3 Å². The average Bonchev–Trinajstić information content (AvgIpc) is 2.91. The number of hydrogen-bond acceptors (Lipinski definition) is 5. The third-order valence-electron chi connectivity index (χ3n) is 3.08. The molecule has 0 fully saturated rings. The predicted molar refractivity (Wildman–Crippen MR) is 75.9 cm³/mol. The van der Waals surface area contributed by atoms with Crippen LogP contribution >= 0.6 is 0 Å². The minimum absolute atomic E-state index is 0.411. The van der Waals surface area contributed by atoms with Crippen LogP contribution in [0.25, 0.3) is 11.6 Å². The summed E-state index contributed by atoms with van der Waals surface area (Å²) in [5.41, 5.74) is 9.23. The number of hydrogen-bond donors (Lipinski definition) is 1. The summed E-state index contributed by atoms with van der Waals surface area (Å²) < 4.78 is 5.24. The Morgan fingerprint density at radius 1 is 1.15 bits per heavy atom. The Balaban J connectivity index is 1.84. The van der Waals surface area contributed by atoms with E-state index in [1.54, 1.807) is 18.3 Å². The molecule has 0 saturated heterocycles. The van der Waals surface area contributed by atoms with Gasteiger partial charge in [-0.1, -0.05) is 29.4 Å². The molecule has 0 unspecified atom stereocenters. The van der Waals surface area contributed by atoms with Crippen LogP contribution in [0.4, 0.5) is 5.69 Å². The van der Waals surface area contributed by atoms with Gasteiger partial charge in [0, 0.05) is 6.42 Å². The largest absolute Gasteiger partial charge is 0.397 e. The fourth-order valence-electron chi connectivity index (χ4n) is 1.94. The highest BCUT2D eigenvalue weighted by Gasteiger charge is 2.11. The maximum atomic E-state index is 5.60. The van der Waals surface area contributed by atoms with Crippen molar-refractivity contribution in [3.05, 3.63) is 59.5 Å². The molecular formula is C15H14N4O. The van der Waals surface area contributed by atoms with Gasteiger partial charge in [0.2, 0.25) is 0 Å². The van der Waals surface area contributed by atoms with Crippen LogP contribution in [-0.4, -0.2) is 15.1 Å². The first-order valence-electron chi connectivity index (χ1n) is 6.31. The van der Waals surface area contributed by atoms with Crippen molar-refractivity contribution >= 4 is 5.69 Å². The van der Waals surface area contributed by atoms with E-state index in [2.05, 4.69) is 34.2 Å². The second-order valence-corrected chi connectivity index (χ2v) is 4.60. The molecule has 0 saturated carbocycles. The van der Waals surface area contributed by atoms with Gasteiger partial charge in [-0.2, -0.15) is 4.98 Å². The zero-order valence-electron chi connectivity index (χ0n) is 11.1. The van der Waals surface area contributed by atoms with Gasteiger partial charge in [-0.3, -0.25) is 0 Å². The molecule has 0 aliphatic heterocycles. The van der Waals surface area contributed by atoms with E-state index in [4.69, 9.17) is 10.3 Å². The summed E-state index contributed by atoms with van der Waals surface area (Å²) in [6.07, 6.45) is 2.21. The topological polar surface area (TPSA) is 77.8 Å². The molecule has 3 aromatic rings. The van der Waals surface area contributed by atoms with Crippen LogP contribution < -0.4 is 5.73 Å². The standard InChI is InChI=1S/C15H14N4O/c1-10-4-2-3-5-11(10)8-14-18-15(20-19-14)13-7-6-12(16)9-17-13/h2-7,9H,8,16H2,1H3. The molecule has 5 nitrogen and oxygen atoms in total. The smallest absolute Gasteiger partial charge is 0.276 e. The molecule has 3 rings (SSSR count). The van der Waals surface area contributed by atoms with Crippen LogP contribution in [0.15, 0.2) is 47.1 Å². The summed E-state index contributed by atoms with van der Waals surface area (Å²) in [6, 6.07) is 11.7. The lowest BCUT2D eigenvalue weighted by Gasteiger charge is -2.00. The Morgan fingerprint density at radius 2 is 2.00 bits per heavy atom. The highest BCUT2D eigenvalue weighted by atomic mass is 16.5. The molecule has 1 aromatic carbocycles. The van der Waals surface area contributed by atoms with Crippen molar-refractivity contribution in [1.82, 2.24) is 15.1 Å². The average molecular weight is 266 g/mol. The Morgan fingerprint density at radius 3 is 2.75 bits per heavy atom. The van der Waals surface area contributed by atoms with Gasteiger partial charge in [-0.15, -0.1) is 0 Å². The van der Waals surface area contributed by atoms with Gasteiger partial charge in [0.15, 0.2) is 5.82 Å². The summed E-state index contributed by atoms with van der Waals surface area (Å²) in [5, 5.41) is 3.99. The molecule has 20 heavy (non-hydrogen) atoms.